The Morgan fingerprint density at radius 3 is 2.35 bits per heavy atom. The van der Waals surface area contributed by atoms with Crippen LogP contribution in [0.25, 0.3) is 6.08 Å². The van der Waals surface area contributed by atoms with Crippen LogP contribution in [0.15, 0.2) is 48.5 Å². The minimum atomic E-state index is -0.238. The first-order valence-electron chi connectivity index (χ1n) is 8.47. The van der Waals surface area contributed by atoms with E-state index in [0.29, 0.717) is 17.2 Å². The fourth-order valence-electron chi connectivity index (χ4n) is 2.60. The molecule has 2 N–H and O–H groups in total. The topological polar surface area (TPSA) is 76.7 Å². The van der Waals surface area contributed by atoms with E-state index in [0.717, 1.165) is 24.1 Å². The largest absolute Gasteiger partial charge is 0.454 e. The van der Waals surface area contributed by atoms with Crippen molar-refractivity contribution in [3.8, 4) is 11.5 Å². The number of benzene rings is 2. The fourth-order valence-corrected chi connectivity index (χ4v) is 2.60. The Morgan fingerprint density at radius 2 is 1.62 bits per heavy atom. The molecule has 2 aliphatic rings. The van der Waals surface area contributed by atoms with E-state index in [1.807, 2.05) is 18.2 Å². The van der Waals surface area contributed by atoms with Crippen LogP contribution in [0.3, 0.4) is 0 Å². The highest BCUT2D eigenvalue weighted by atomic mass is 16.7. The van der Waals surface area contributed by atoms with Crippen LogP contribution in [0.5, 0.6) is 11.5 Å². The van der Waals surface area contributed by atoms with E-state index in [2.05, 4.69) is 10.6 Å². The Hall–Kier alpha value is -3.28. The molecule has 1 saturated carbocycles. The standard InChI is InChI=1S/C20H18N2O4/c23-19(10-2-13-1-9-17-18(11-13)26-12-25-17)21-15-5-7-16(8-6-15)22-20(24)14-3-4-14/h1-2,5-11,14H,3-4,12H2,(H,21,23)(H,22,24)/b10-2+. The highest BCUT2D eigenvalue weighted by molar-refractivity contribution is 6.02. The molecule has 0 saturated heterocycles. The summed E-state index contributed by atoms with van der Waals surface area (Å²) >= 11 is 0. The Labute approximate surface area is 150 Å². The highest BCUT2D eigenvalue weighted by Crippen LogP contribution is 2.33. The summed E-state index contributed by atoms with van der Waals surface area (Å²) in [7, 11) is 0. The lowest BCUT2D eigenvalue weighted by Gasteiger charge is -2.06. The molecule has 2 amide bonds. The second-order valence-corrected chi connectivity index (χ2v) is 6.28. The number of carbonyl (C=O) groups excluding carboxylic acids is 2. The summed E-state index contributed by atoms with van der Waals surface area (Å²) in [5, 5.41) is 5.65. The summed E-state index contributed by atoms with van der Waals surface area (Å²) in [5.74, 6) is 1.37. The smallest absolute Gasteiger partial charge is 0.248 e. The summed E-state index contributed by atoms with van der Waals surface area (Å²) in [5.41, 5.74) is 2.24. The number of fused-ring (bicyclic) bond motifs is 1. The zero-order valence-corrected chi connectivity index (χ0v) is 14.0. The van der Waals surface area contributed by atoms with Gasteiger partial charge in [0.1, 0.15) is 0 Å². The van der Waals surface area contributed by atoms with Crippen LogP contribution in [-0.2, 0) is 9.59 Å². The summed E-state index contributed by atoms with van der Waals surface area (Å²) in [6, 6.07) is 12.6. The van der Waals surface area contributed by atoms with Crippen molar-refractivity contribution in [2.24, 2.45) is 5.92 Å². The molecule has 132 valence electrons. The van der Waals surface area contributed by atoms with Crippen LogP contribution in [0.1, 0.15) is 18.4 Å². The van der Waals surface area contributed by atoms with Crippen molar-refractivity contribution in [3.63, 3.8) is 0 Å². The summed E-state index contributed by atoms with van der Waals surface area (Å²) < 4.78 is 10.6. The van der Waals surface area contributed by atoms with E-state index in [1.165, 1.54) is 6.08 Å². The van der Waals surface area contributed by atoms with Gasteiger partial charge >= 0.3 is 0 Å². The first kappa shape index (κ1) is 16.2. The third kappa shape index (κ3) is 3.85. The zero-order valence-electron chi connectivity index (χ0n) is 14.0. The van der Waals surface area contributed by atoms with Gasteiger partial charge in [-0.1, -0.05) is 6.07 Å². The monoisotopic (exact) mass is 350 g/mol. The number of anilines is 2. The van der Waals surface area contributed by atoms with Crippen molar-refractivity contribution in [1.29, 1.82) is 0 Å². The molecule has 0 unspecified atom stereocenters. The van der Waals surface area contributed by atoms with Gasteiger partial charge in [0.25, 0.3) is 0 Å². The average Bonchev–Trinajstić information content (AvgIpc) is 3.40. The van der Waals surface area contributed by atoms with Gasteiger partial charge in [-0.25, -0.2) is 0 Å². The molecule has 4 rings (SSSR count). The van der Waals surface area contributed by atoms with E-state index in [4.69, 9.17) is 9.47 Å². The molecule has 0 radical (unpaired) electrons. The SMILES string of the molecule is O=C(/C=C/c1ccc2c(c1)OCO2)Nc1ccc(NC(=O)C2CC2)cc1. The number of hydrogen-bond acceptors (Lipinski definition) is 4. The average molecular weight is 350 g/mol. The molecule has 0 aromatic heterocycles. The van der Waals surface area contributed by atoms with Crippen molar-refractivity contribution >= 4 is 29.3 Å². The molecule has 0 bridgehead atoms. The predicted molar refractivity (Wildman–Crippen MR) is 98.0 cm³/mol. The normalized spacial score (nSPS) is 15.1. The molecule has 1 aliphatic heterocycles. The molecule has 1 heterocycles. The summed E-state index contributed by atoms with van der Waals surface area (Å²) in [6.45, 7) is 0.222. The Morgan fingerprint density at radius 1 is 0.923 bits per heavy atom. The van der Waals surface area contributed by atoms with Gasteiger partial charge in [-0.3, -0.25) is 9.59 Å². The van der Waals surface area contributed by atoms with Crippen LogP contribution in [0.4, 0.5) is 11.4 Å². The lowest BCUT2D eigenvalue weighted by atomic mass is 10.2. The lowest BCUT2D eigenvalue weighted by molar-refractivity contribution is -0.117. The highest BCUT2D eigenvalue weighted by Gasteiger charge is 2.29. The number of nitrogens with one attached hydrogen (secondary N) is 2. The van der Waals surface area contributed by atoms with Crippen LogP contribution in [0.2, 0.25) is 0 Å². The van der Waals surface area contributed by atoms with Gasteiger partial charge in [0.2, 0.25) is 18.6 Å². The van der Waals surface area contributed by atoms with Crippen LogP contribution < -0.4 is 20.1 Å². The van der Waals surface area contributed by atoms with E-state index in [-0.39, 0.29) is 24.5 Å². The Kier molecular flexibility index (Phi) is 4.31. The molecule has 1 aliphatic carbocycles. The van der Waals surface area contributed by atoms with Crippen molar-refractivity contribution in [1.82, 2.24) is 0 Å². The van der Waals surface area contributed by atoms with Crippen molar-refractivity contribution in [3.05, 3.63) is 54.1 Å². The van der Waals surface area contributed by atoms with Gasteiger partial charge in [0, 0.05) is 23.4 Å². The molecular weight excluding hydrogens is 332 g/mol. The quantitative estimate of drug-likeness (QED) is 0.810. The third-order valence-electron chi connectivity index (χ3n) is 4.19. The Balaban J connectivity index is 1.33. The van der Waals surface area contributed by atoms with E-state index < -0.39 is 0 Å². The second-order valence-electron chi connectivity index (χ2n) is 6.28. The number of rotatable bonds is 5. The van der Waals surface area contributed by atoms with Crippen molar-refractivity contribution < 1.29 is 19.1 Å². The number of carbonyl (C=O) groups is 2. The van der Waals surface area contributed by atoms with Gasteiger partial charge in [0.05, 0.1) is 0 Å². The van der Waals surface area contributed by atoms with E-state index in [1.54, 1.807) is 30.3 Å². The van der Waals surface area contributed by atoms with Gasteiger partial charge < -0.3 is 20.1 Å². The van der Waals surface area contributed by atoms with Gasteiger partial charge in [-0.2, -0.15) is 0 Å². The van der Waals surface area contributed by atoms with Crippen LogP contribution in [-0.4, -0.2) is 18.6 Å². The summed E-state index contributed by atoms with van der Waals surface area (Å²) in [4.78, 5) is 23.8. The molecule has 2 aromatic rings. The zero-order chi connectivity index (χ0) is 17.9. The third-order valence-corrected chi connectivity index (χ3v) is 4.19. The molecule has 6 heteroatoms. The number of hydrogen-bond donors (Lipinski definition) is 2. The second kappa shape index (κ2) is 6.92. The number of amides is 2. The Bertz CT molecular complexity index is 870. The van der Waals surface area contributed by atoms with Gasteiger partial charge in [-0.05, 0) is 60.9 Å². The van der Waals surface area contributed by atoms with Crippen LogP contribution in [0, 0.1) is 5.92 Å². The predicted octanol–water partition coefficient (Wildman–Crippen LogP) is 3.42. The summed E-state index contributed by atoms with van der Waals surface area (Å²) in [6.07, 6.45) is 5.10. The van der Waals surface area contributed by atoms with Gasteiger partial charge in [-0.15, -0.1) is 0 Å². The molecule has 1 fully saturated rings. The maximum Gasteiger partial charge on any atom is 0.248 e. The van der Waals surface area contributed by atoms with E-state index in [9.17, 15) is 9.59 Å². The van der Waals surface area contributed by atoms with Crippen molar-refractivity contribution in [2.45, 2.75) is 12.8 Å². The molecule has 0 spiro atoms. The van der Waals surface area contributed by atoms with Gasteiger partial charge in [0.15, 0.2) is 11.5 Å². The van der Waals surface area contributed by atoms with Crippen LogP contribution >= 0.6 is 0 Å². The molecule has 0 atom stereocenters. The molecule has 26 heavy (non-hydrogen) atoms. The molecule has 2 aromatic carbocycles. The van der Waals surface area contributed by atoms with Crippen molar-refractivity contribution in [2.75, 3.05) is 17.4 Å². The maximum atomic E-state index is 12.1. The maximum absolute atomic E-state index is 12.1. The first-order valence-corrected chi connectivity index (χ1v) is 8.47. The minimum absolute atomic E-state index is 0.0634. The number of ether oxygens (including phenoxy) is 2. The lowest BCUT2D eigenvalue weighted by Crippen LogP contribution is -2.13. The molecule has 6 nitrogen and oxygen atoms in total. The molecular formula is C20H18N2O4. The fraction of sp³-hybridized carbons (Fsp3) is 0.200. The first-order chi connectivity index (χ1) is 12.7. The minimum Gasteiger partial charge on any atom is -0.454 e. The van der Waals surface area contributed by atoms with E-state index >= 15 is 0 Å².